The number of thiophene rings is 1. The third kappa shape index (κ3) is 4.35. The topological polar surface area (TPSA) is 12.0 Å². The standard InChI is InChI=1S/C17H21F2NS/c1-3-9-20-17(11-14-7-6-13(4-2)21-14)12-5-8-15(18)16(19)10-12/h5-8,10,17,20H,3-4,9,11H2,1-2H3. The summed E-state index contributed by atoms with van der Waals surface area (Å²) in [6.07, 6.45) is 2.84. The zero-order valence-electron chi connectivity index (χ0n) is 12.5. The van der Waals surface area contributed by atoms with E-state index in [-0.39, 0.29) is 6.04 Å². The van der Waals surface area contributed by atoms with Crippen LogP contribution in [0.4, 0.5) is 8.78 Å². The van der Waals surface area contributed by atoms with Gasteiger partial charge in [0.15, 0.2) is 11.6 Å². The van der Waals surface area contributed by atoms with Gasteiger partial charge in [0.1, 0.15) is 0 Å². The molecule has 0 radical (unpaired) electrons. The summed E-state index contributed by atoms with van der Waals surface area (Å²) in [5, 5.41) is 3.43. The number of nitrogens with one attached hydrogen (secondary N) is 1. The monoisotopic (exact) mass is 309 g/mol. The Bertz CT molecular complexity index is 580. The molecule has 21 heavy (non-hydrogen) atoms. The maximum Gasteiger partial charge on any atom is 0.159 e. The Labute approximate surface area is 129 Å². The van der Waals surface area contributed by atoms with Gasteiger partial charge in [-0.2, -0.15) is 0 Å². The minimum absolute atomic E-state index is 0.0170. The molecule has 1 aromatic carbocycles. The van der Waals surface area contributed by atoms with Crippen LogP contribution in [0.15, 0.2) is 30.3 Å². The molecule has 4 heteroatoms. The quantitative estimate of drug-likeness (QED) is 0.769. The van der Waals surface area contributed by atoms with Crippen LogP contribution < -0.4 is 5.32 Å². The van der Waals surface area contributed by atoms with Crippen LogP contribution in [0, 0.1) is 11.6 Å². The third-order valence-electron chi connectivity index (χ3n) is 3.46. The lowest BCUT2D eigenvalue weighted by molar-refractivity contribution is 0.494. The fourth-order valence-corrected chi connectivity index (χ4v) is 3.28. The summed E-state index contributed by atoms with van der Waals surface area (Å²) in [5.41, 5.74) is 0.800. The van der Waals surface area contributed by atoms with Gasteiger partial charge in [-0.15, -0.1) is 11.3 Å². The van der Waals surface area contributed by atoms with E-state index >= 15 is 0 Å². The molecule has 1 unspecified atom stereocenters. The minimum atomic E-state index is -0.794. The molecule has 0 aliphatic rings. The molecule has 1 nitrogen and oxygen atoms in total. The van der Waals surface area contributed by atoms with Crippen LogP contribution in [0.2, 0.25) is 0 Å². The highest BCUT2D eigenvalue weighted by Crippen LogP contribution is 2.25. The molecule has 2 rings (SSSR count). The second-order valence-corrected chi connectivity index (χ2v) is 6.36. The smallest absolute Gasteiger partial charge is 0.159 e. The number of hydrogen-bond acceptors (Lipinski definition) is 2. The zero-order chi connectivity index (χ0) is 15.2. The highest BCUT2D eigenvalue weighted by atomic mass is 32.1. The van der Waals surface area contributed by atoms with Crippen LogP contribution in [-0.2, 0) is 12.8 Å². The van der Waals surface area contributed by atoms with E-state index < -0.39 is 11.6 Å². The van der Waals surface area contributed by atoms with Crippen molar-refractivity contribution in [1.29, 1.82) is 0 Å². The van der Waals surface area contributed by atoms with E-state index in [4.69, 9.17) is 0 Å². The summed E-state index contributed by atoms with van der Waals surface area (Å²) in [4.78, 5) is 2.62. The Morgan fingerprint density at radius 2 is 1.81 bits per heavy atom. The van der Waals surface area contributed by atoms with Crippen molar-refractivity contribution in [2.45, 2.75) is 39.2 Å². The van der Waals surface area contributed by atoms with Crippen LogP contribution in [0.3, 0.4) is 0 Å². The molecule has 0 saturated carbocycles. The lowest BCUT2D eigenvalue weighted by atomic mass is 10.0. The van der Waals surface area contributed by atoms with E-state index in [0.29, 0.717) is 0 Å². The van der Waals surface area contributed by atoms with Crippen LogP contribution in [0.25, 0.3) is 0 Å². The lowest BCUT2D eigenvalue weighted by Crippen LogP contribution is -2.24. The summed E-state index contributed by atoms with van der Waals surface area (Å²) >= 11 is 1.79. The van der Waals surface area contributed by atoms with Crippen molar-refractivity contribution in [2.24, 2.45) is 0 Å². The Morgan fingerprint density at radius 3 is 2.43 bits per heavy atom. The normalized spacial score (nSPS) is 12.6. The summed E-state index contributed by atoms with van der Waals surface area (Å²) in [7, 11) is 0. The molecule has 1 N–H and O–H groups in total. The predicted molar refractivity (Wildman–Crippen MR) is 84.8 cm³/mol. The molecule has 0 fully saturated rings. The summed E-state index contributed by atoms with van der Waals surface area (Å²) in [6, 6.07) is 8.46. The first-order chi connectivity index (χ1) is 10.1. The maximum absolute atomic E-state index is 13.5. The van der Waals surface area contributed by atoms with Crippen LogP contribution >= 0.6 is 11.3 Å². The number of aryl methyl sites for hydroxylation is 1. The highest BCUT2D eigenvalue weighted by molar-refractivity contribution is 7.11. The second kappa shape index (κ2) is 7.66. The van der Waals surface area contributed by atoms with Crippen molar-refractivity contribution < 1.29 is 8.78 Å². The molecular weight excluding hydrogens is 288 g/mol. The third-order valence-corrected chi connectivity index (χ3v) is 4.71. The number of hydrogen-bond donors (Lipinski definition) is 1. The fourth-order valence-electron chi connectivity index (χ4n) is 2.28. The Kier molecular flexibility index (Phi) is 5.88. The molecule has 0 amide bonds. The van der Waals surface area contributed by atoms with Crippen molar-refractivity contribution in [3.8, 4) is 0 Å². The van der Waals surface area contributed by atoms with Gasteiger partial charge in [0.2, 0.25) is 0 Å². The SMILES string of the molecule is CCCNC(Cc1ccc(CC)s1)c1ccc(F)c(F)c1. The molecule has 0 aliphatic heterocycles. The average Bonchev–Trinajstić information content (AvgIpc) is 2.94. The van der Waals surface area contributed by atoms with E-state index in [1.165, 1.54) is 21.9 Å². The van der Waals surface area contributed by atoms with Crippen LogP contribution in [-0.4, -0.2) is 6.54 Å². The molecule has 0 spiro atoms. The largest absolute Gasteiger partial charge is 0.310 e. The van der Waals surface area contributed by atoms with Crippen molar-refractivity contribution in [1.82, 2.24) is 5.32 Å². The summed E-state index contributed by atoms with van der Waals surface area (Å²) in [6.45, 7) is 5.09. The van der Waals surface area contributed by atoms with Gasteiger partial charge in [-0.05, 0) is 49.2 Å². The molecule has 1 heterocycles. The highest BCUT2D eigenvalue weighted by Gasteiger charge is 2.15. The van der Waals surface area contributed by atoms with Crippen molar-refractivity contribution in [2.75, 3.05) is 6.54 Å². The van der Waals surface area contributed by atoms with Gasteiger partial charge >= 0.3 is 0 Å². The molecule has 0 bridgehead atoms. The van der Waals surface area contributed by atoms with Crippen molar-refractivity contribution >= 4 is 11.3 Å². The molecule has 0 aliphatic carbocycles. The molecule has 2 aromatic rings. The Balaban J connectivity index is 2.18. The lowest BCUT2D eigenvalue weighted by Gasteiger charge is -2.18. The minimum Gasteiger partial charge on any atom is -0.310 e. The van der Waals surface area contributed by atoms with Crippen molar-refractivity contribution in [3.63, 3.8) is 0 Å². The van der Waals surface area contributed by atoms with Crippen LogP contribution in [0.1, 0.15) is 41.6 Å². The average molecular weight is 309 g/mol. The molecule has 114 valence electrons. The first-order valence-electron chi connectivity index (χ1n) is 7.40. The van der Waals surface area contributed by atoms with Gasteiger partial charge in [0, 0.05) is 22.2 Å². The molecular formula is C17H21F2NS. The first-order valence-corrected chi connectivity index (χ1v) is 8.21. The van der Waals surface area contributed by atoms with Gasteiger partial charge < -0.3 is 5.32 Å². The Morgan fingerprint density at radius 1 is 1.05 bits per heavy atom. The predicted octanol–water partition coefficient (Wildman–Crippen LogP) is 4.87. The Hall–Kier alpha value is -1.26. The fraction of sp³-hybridized carbons (Fsp3) is 0.412. The van der Waals surface area contributed by atoms with Gasteiger partial charge in [-0.25, -0.2) is 8.78 Å². The number of benzene rings is 1. The van der Waals surface area contributed by atoms with Crippen molar-refractivity contribution in [3.05, 3.63) is 57.3 Å². The van der Waals surface area contributed by atoms with E-state index in [1.54, 1.807) is 17.4 Å². The molecule has 1 aromatic heterocycles. The van der Waals surface area contributed by atoms with Gasteiger partial charge in [-0.3, -0.25) is 0 Å². The number of halogens is 2. The maximum atomic E-state index is 13.5. The van der Waals surface area contributed by atoms with E-state index in [9.17, 15) is 8.78 Å². The van der Waals surface area contributed by atoms with Gasteiger partial charge in [0.05, 0.1) is 0 Å². The van der Waals surface area contributed by atoms with Crippen LogP contribution in [0.5, 0.6) is 0 Å². The zero-order valence-corrected chi connectivity index (χ0v) is 13.3. The van der Waals surface area contributed by atoms with E-state index in [0.717, 1.165) is 31.4 Å². The molecule has 0 saturated heterocycles. The summed E-state index contributed by atoms with van der Waals surface area (Å²) in [5.74, 6) is -1.58. The van der Waals surface area contributed by atoms with E-state index in [1.807, 2.05) is 0 Å². The molecule has 1 atom stereocenters. The van der Waals surface area contributed by atoms with Gasteiger partial charge in [0.25, 0.3) is 0 Å². The summed E-state index contributed by atoms with van der Waals surface area (Å²) < 4.78 is 26.6. The van der Waals surface area contributed by atoms with E-state index in [2.05, 4.69) is 31.3 Å². The second-order valence-electron chi connectivity index (χ2n) is 5.11. The first kappa shape index (κ1) is 16.1. The van der Waals surface area contributed by atoms with Gasteiger partial charge in [-0.1, -0.05) is 19.9 Å². The number of rotatable bonds is 7.